The first-order valence-corrected chi connectivity index (χ1v) is 11.7. The molecule has 5 rings (SSSR count). The van der Waals surface area contributed by atoms with Crippen LogP contribution in [0.3, 0.4) is 0 Å². The van der Waals surface area contributed by atoms with Crippen molar-refractivity contribution in [3.05, 3.63) is 83.2 Å². The van der Waals surface area contributed by atoms with Crippen molar-refractivity contribution in [2.24, 2.45) is 0 Å². The van der Waals surface area contributed by atoms with Gasteiger partial charge in [0.25, 0.3) is 5.91 Å². The Labute approximate surface area is 198 Å². The maximum Gasteiger partial charge on any atom is 0.254 e. The van der Waals surface area contributed by atoms with E-state index in [0.717, 1.165) is 16.7 Å². The number of aromatic nitrogens is 1. The third-order valence-corrected chi connectivity index (χ3v) is 6.40. The third-order valence-electron chi connectivity index (χ3n) is 6.40. The molecule has 0 saturated heterocycles. The number of benzene rings is 2. The summed E-state index contributed by atoms with van der Waals surface area (Å²) in [5.41, 5.74) is 3.91. The van der Waals surface area contributed by atoms with Crippen molar-refractivity contribution in [3.8, 4) is 11.5 Å². The van der Waals surface area contributed by atoms with Crippen LogP contribution < -0.4 is 14.8 Å². The Balaban J connectivity index is 1.65. The fraction of sp³-hybridized carbons (Fsp3) is 0.296. The molecule has 7 heteroatoms. The van der Waals surface area contributed by atoms with Crippen LogP contribution in [0.15, 0.2) is 60.9 Å². The highest BCUT2D eigenvalue weighted by molar-refractivity contribution is 6.04. The van der Waals surface area contributed by atoms with Crippen LogP contribution in [-0.2, 0) is 11.2 Å². The minimum absolute atomic E-state index is 0.0523. The zero-order chi connectivity index (χ0) is 23.7. The van der Waals surface area contributed by atoms with Crippen LogP contribution in [0.2, 0.25) is 0 Å². The molecule has 2 aromatic carbocycles. The number of hydrogen-bond acceptors (Lipinski definition) is 5. The van der Waals surface area contributed by atoms with Crippen LogP contribution in [0.4, 0.5) is 5.69 Å². The van der Waals surface area contributed by atoms with E-state index < -0.39 is 12.0 Å². The van der Waals surface area contributed by atoms with Crippen molar-refractivity contribution in [2.45, 2.75) is 32.2 Å². The van der Waals surface area contributed by atoms with E-state index in [0.29, 0.717) is 48.9 Å². The maximum atomic E-state index is 13.7. The van der Waals surface area contributed by atoms with E-state index in [9.17, 15) is 9.59 Å². The minimum Gasteiger partial charge on any atom is -0.490 e. The molecule has 0 fully saturated rings. The number of nitrogens with one attached hydrogen (secondary N) is 1. The first-order chi connectivity index (χ1) is 16.6. The summed E-state index contributed by atoms with van der Waals surface area (Å²) < 4.78 is 11.7. The van der Waals surface area contributed by atoms with E-state index in [-0.39, 0.29) is 11.8 Å². The molecule has 1 N–H and O–H groups in total. The molecule has 0 unspecified atom stereocenters. The van der Waals surface area contributed by atoms with Crippen molar-refractivity contribution in [1.82, 2.24) is 9.88 Å². The fourth-order valence-corrected chi connectivity index (χ4v) is 5.01. The van der Waals surface area contributed by atoms with Crippen molar-refractivity contribution in [2.75, 3.05) is 25.1 Å². The Hall–Kier alpha value is -3.87. The van der Waals surface area contributed by atoms with Gasteiger partial charge in [-0.25, -0.2) is 0 Å². The number of nitrogens with zero attached hydrogens (tertiary/aromatic N) is 2. The number of carbonyl (C=O) groups excluding carboxylic acids is 2. The summed E-state index contributed by atoms with van der Waals surface area (Å²) in [5.74, 6) is 0.505. The summed E-state index contributed by atoms with van der Waals surface area (Å²) in [6.07, 6.45) is 3.96. The molecule has 0 bridgehead atoms. The lowest BCUT2D eigenvalue weighted by Gasteiger charge is -2.45. The second-order valence-electron chi connectivity index (χ2n) is 8.35. The van der Waals surface area contributed by atoms with Gasteiger partial charge in [-0.05, 0) is 67.3 Å². The summed E-state index contributed by atoms with van der Waals surface area (Å²) in [6.45, 7) is 5.40. The molecule has 0 aliphatic carbocycles. The van der Waals surface area contributed by atoms with Gasteiger partial charge in [0.1, 0.15) is 0 Å². The highest BCUT2D eigenvalue weighted by Crippen LogP contribution is 2.48. The Kier molecular flexibility index (Phi) is 5.92. The molecule has 0 spiro atoms. The van der Waals surface area contributed by atoms with Gasteiger partial charge in [0.2, 0.25) is 5.91 Å². The second-order valence-corrected chi connectivity index (χ2v) is 8.35. The first-order valence-electron chi connectivity index (χ1n) is 11.7. The van der Waals surface area contributed by atoms with Crippen molar-refractivity contribution >= 4 is 17.5 Å². The van der Waals surface area contributed by atoms with E-state index in [1.165, 1.54) is 0 Å². The molecular weight excluding hydrogens is 430 g/mol. The average molecular weight is 458 g/mol. The minimum atomic E-state index is -0.583. The van der Waals surface area contributed by atoms with E-state index in [4.69, 9.17) is 9.47 Å². The second kappa shape index (κ2) is 9.17. The van der Waals surface area contributed by atoms with Gasteiger partial charge >= 0.3 is 0 Å². The maximum absolute atomic E-state index is 13.7. The third kappa shape index (κ3) is 3.77. The smallest absolute Gasteiger partial charge is 0.254 e. The molecule has 2 aliphatic rings. The molecule has 3 aromatic rings. The monoisotopic (exact) mass is 457 g/mol. The van der Waals surface area contributed by atoms with Crippen molar-refractivity contribution in [3.63, 3.8) is 0 Å². The van der Waals surface area contributed by atoms with Gasteiger partial charge in [0.05, 0.1) is 37.1 Å². The molecule has 174 valence electrons. The zero-order valence-electron chi connectivity index (χ0n) is 19.3. The Morgan fingerprint density at radius 3 is 2.56 bits per heavy atom. The molecule has 0 radical (unpaired) electrons. The Morgan fingerprint density at radius 2 is 1.82 bits per heavy atom. The van der Waals surface area contributed by atoms with Crippen LogP contribution in [0.25, 0.3) is 0 Å². The Bertz CT molecular complexity index is 1230. The molecule has 3 heterocycles. The van der Waals surface area contributed by atoms with Crippen LogP contribution in [-0.4, -0.2) is 41.5 Å². The van der Waals surface area contributed by atoms with Gasteiger partial charge in [-0.2, -0.15) is 0 Å². The molecule has 34 heavy (non-hydrogen) atoms. The van der Waals surface area contributed by atoms with Crippen LogP contribution in [0.5, 0.6) is 11.5 Å². The van der Waals surface area contributed by atoms with E-state index in [1.54, 1.807) is 30.6 Å². The molecular formula is C27H27N3O4. The number of carbonyl (C=O) groups is 2. The standard InChI is InChI=1S/C27H27N3O4/c1-3-33-22-14-17-11-13-30-25(21(17)15-23(22)34-4-2)24(19-9-5-6-10-20(19)27(30)32)26(31)29-18-8-7-12-28-16-18/h5-10,12,14-16,24-25H,3-4,11,13H2,1-2H3,(H,29,31)/t24-,25-/m0/s1. The van der Waals surface area contributed by atoms with E-state index in [2.05, 4.69) is 10.3 Å². The van der Waals surface area contributed by atoms with Crippen LogP contribution in [0, 0.1) is 0 Å². The van der Waals surface area contributed by atoms with Gasteiger partial charge in [-0.1, -0.05) is 18.2 Å². The van der Waals surface area contributed by atoms with Crippen molar-refractivity contribution < 1.29 is 19.1 Å². The predicted octanol–water partition coefficient (Wildman–Crippen LogP) is 4.35. The number of amides is 2. The van der Waals surface area contributed by atoms with Crippen LogP contribution in [0.1, 0.15) is 52.9 Å². The van der Waals surface area contributed by atoms with Gasteiger partial charge in [0, 0.05) is 18.3 Å². The number of hydrogen-bond donors (Lipinski definition) is 1. The fourth-order valence-electron chi connectivity index (χ4n) is 5.01. The highest BCUT2D eigenvalue weighted by Gasteiger charge is 2.46. The largest absolute Gasteiger partial charge is 0.490 e. The topological polar surface area (TPSA) is 80.8 Å². The lowest BCUT2D eigenvalue weighted by atomic mass is 9.75. The zero-order valence-corrected chi connectivity index (χ0v) is 19.3. The average Bonchev–Trinajstić information content (AvgIpc) is 2.85. The normalized spacial score (nSPS) is 18.4. The molecule has 0 saturated carbocycles. The quantitative estimate of drug-likeness (QED) is 0.595. The number of fused-ring (bicyclic) bond motifs is 4. The molecule has 2 aliphatic heterocycles. The molecule has 2 amide bonds. The summed E-state index contributed by atoms with van der Waals surface area (Å²) >= 11 is 0. The molecule has 1 aromatic heterocycles. The van der Waals surface area contributed by atoms with Gasteiger partial charge in [-0.15, -0.1) is 0 Å². The summed E-state index contributed by atoms with van der Waals surface area (Å²) in [6, 6.07) is 14.5. The molecule has 2 atom stereocenters. The number of ether oxygens (including phenoxy) is 2. The van der Waals surface area contributed by atoms with Crippen LogP contribution >= 0.6 is 0 Å². The van der Waals surface area contributed by atoms with Gasteiger partial charge < -0.3 is 19.7 Å². The molecule has 7 nitrogen and oxygen atoms in total. The Morgan fingerprint density at radius 1 is 1.06 bits per heavy atom. The van der Waals surface area contributed by atoms with Gasteiger partial charge in [-0.3, -0.25) is 14.6 Å². The summed E-state index contributed by atoms with van der Waals surface area (Å²) in [7, 11) is 0. The van der Waals surface area contributed by atoms with Crippen molar-refractivity contribution in [1.29, 1.82) is 0 Å². The highest BCUT2D eigenvalue weighted by atomic mass is 16.5. The summed E-state index contributed by atoms with van der Waals surface area (Å²) in [4.78, 5) is 33.2. The lowest BCUT2D eigenvalue weighted by Crippen LogP contribution is -2.49. The SMILES string of the molecule is CCOc1cc2c(cc1OCC)[C@H]1[C@@H](C(=O)Nc3cccnc3)c3ccccc3C(=O)N1CC2. The number of anilines is 1. The van der Waals surface area contributed by atoms with Gasteiger partial charge in [0.15, 0.2) is 11.5 Å². The predicted molar refractivity (Wildman–Crippen MR) is 128 cm³/mol. The lowest BCUT2D eigenvalue weighted by molar-refractivity contribution is -0.119. The number of rotatable bonds is 6. The summed E-state index contributed by atoms with van der Waals surface area (Å²) in [5, 5.41) is 3.01. The number of pyridine rings is 1. The van der Waals surface area contributed by atoms with E-state index in [1.807, 2.05) is 49.1 Å². The van der Waals surface area contributed by atoms with E-state index >= 15 is 0 Å². The first kappa shape index (κ1) is 21.9.